The Morgan fingerprint density at radius 2 is 2.10 bits per heavy atom. The second kappa shape index (κ2) is 7.56. The number of carbonyl (C=O) groups excluding carboxylic acids is 1. The molecule has 7 heteroatoms. The quantitative estimate of drug-likeness (QED) is 0.691. The number of amides is 1. The summed E-state index contributed by atoms with van der Waals surface area (Å²) in [6.07, 6.45) is 0.360. The molecule has 0 unspecified atom stereocenters. The van der Waals surface area contributed by atoms with E-state index >= 15 is 0 Å². The first-order valence-electron chi connectivity index (χ1n) is 6.07. The van der Waals surface area contributed by atoms with Gasteiger partial charge in [0.05, 0.1) is 18.8 Å². The Hall–Kier alpha value is -1.18. The maximum Gasteiger partial charge on any atom is 0.258 e. The fraction of sp³-hybridized carbons (Fsp3) is 0.462. The molecule has 0 atom stereocenters. The summed E-state index contributed by atoms with van der Waals surface area (Å²) >= 11 is 3.11. The van der Waals surface area contributed by atoms with Crippen molar-refractivity contribution in [2.45, 2.75) is 18.9 Å². The van der Waals surface area contributed by atoms with Crippen LogP contribution in [0, 0.1) is 5.82 Å². The molecule has 1 aromatic carbocycles. The van der Waals surface area contributed by atoms with E-state index in [0.717, 1.165) is 0 Å². The number of hydrogen-bond acceptors (Lipinski definition) is 4. The lowest BCUT2D eigenvalue weighted by Gasteiger charge is -2.29. The smallest absolute Gasteiger partial charge is 0.258 e. The van der Waals surface area contributed by atoms with Crippen LogP contribution in [0.3, 0.4) is 0 Å². The fourth-order valence-corrected chi connectivity index (χ4v) is 1.84. The summed E-state index contributed by atoms with van der Waals surface area (Å²) in [7, 11) is 0. The van der Waals surface area contributed by atoms with Crippen molar-refractivity contribution < 1.29 is 24.1 Å². The van der Waals surface area contributed by atoms with Crippen molar-refractivity contribution in [2.75, 3.05) is 19.8 Å². The van der Waals surface area contributed by atoms with E-state index < -0.39 is 37.1 Å². The first-order chi connectivity index (χ1) is 9.46. The third-order valence-corrected chi connectivity index (χ3v) is 3.43. The summed E-state index contributed by atoms with van der Waals surface area (Å²) in [5.74, 6) is -1.17. The maximum absolute atomic E-state index is 13.5. The van der Waals surface area contributed by atoms with Crippen molar-refractivity contribution in [2.24, 2.45) is 0 Å². The van der Waals surface area contributed by atoms with E-state index in [1.54, 1.807) is 13.0 Å². The van der Waals surface area contributed by atoms with Crippen LogP contribution in [0.1, 0.15) is 13.3 Å². The monoisotopic (exact) mass is 349 g/mol. The molecule has 1 amide bonds. The molecule has 0 aliphatic carbocycles. The predicted octanol–water partition coefficient (Wildman–Crippen LogP) is 1.22. The second-order valence-corrected chi connectivity index (χ2v) is 5.28. The van der Waals surface area contributed by atoms with Crippen LogP contribution in [0.25, 0.3) is 0 Å². The Morgan fingerprint density at radius 3 is 2.60 bits per heavy atom. The van der Waals surface area contributed by atoms with Crippen molar-refractivity contribution in [1.82, 2.24) is 5.32 Å². The summed E-state index contributed by atoms with van der Waals surface area (Å²) in [6.45, 7) is 0.541. The largest absolute Gasteiger partial charge is 0.481 e. The highest BCUT2D eigenvalue weighted by atomic mass is 79.9. The zero-order valence-corrected chi connectivity index (χ0v) is 12.6. The summed E-state index contributed by atoms with van der Waals surface area (Å²) in [4.78, 5) is 11.7. The number of ether oxygens (including phenoxy) is 1. The van der Waals surface area contributed by atoms with Gasteiger partial charge >= 0.3 is 0 Å². The highest BCUT2D eigenvalue weighted by molar-refractivity contribution is 9.10. The fourth-order valence-electron chi connectivity index (χ4n) is 1.51. The van der Waals surface area contributed by atoms with Crippen LogP contribution in [-0.4, -0.2) is 41.5 Å². The molecule has 0 saturated heterocycles. The molecule has 0 aliphatic rings. The van der Waals surface area contributed by atoms with E-state index in [-0.39, 0.29) is 5.75 Å². The number of carbonyl (C=O) groups is 1. The summed E-state index contributed by atoms with van der Waals surface area (Å²) in [5.41, 5.74) is -1.08. The minimum atomic E-state index is -1.08. The van der Waals surface area contributed by atoms with E-state index in [2.05, 4.69) is 21.2 Å². The van der Waals surface area contributed by atoms with Crippen LogP contribution in [0.2, 0.25) is 0 Å². The van der Waals surface area contributed by atoms with Gasteiger partial charge in [-0.3, -0.25) is 4.79 Å². The Labute approximate surface area is 124 Å². The van der Waals surface area contributed by atoms with Gasteiger partial charge in [0.15, 0.2) is 18.2 Å². The molecule has 112 valence electrons. The lowest BCUT2D eigenvalue weighted by Crippen LogP contribution is -2.55. The van der Waals surface area contributed by atoms with Gasteiger partial charge in [-0.15, -0.1) is 0 Å². The highest BCUT2D eigenvalue weighted by Gasteiger charge is 2.28. The lowest BCUT2D eigenvalue weighted by atomic mass is 9.98. The molecule has 5 nitrogen and oxygen atoms in total. The van der Waals surface area contributed by atoms with Gasteiger partial charge in [-0.25, -0.2) is 4.39 Å². The Bertz CT molecular complexity index is 457. The van der Waals surface area contributed by atoms with Gasteiger partial charge in [0, 0.05) is 4.47 Å². The second-order valence-electron chi connectivity index (χ2n) is 4.36. The molecular weight excluding hydrogens is 333 g/mol. The molecule has 0 heterocycles. The van der Waals surface area contributed by atoms with Crippen LogP contribution in [-0.2, 0) is 4.79 Å². The molecule has 0 aliphatic heterocycles. The molecular formula is C13H17BrFNO4. The van der Waals surface area contributed by atoms with Gasteiger partial charge in [0.25, 0.3) is 5.91 Å². The number of aliphatic hydroxyl groups excluding tert-OH is 2. The summed E-state index contributed by atoms with van der Waals surface area (Å²) < 4.78 is 19.1. The number of nitrogens with one attached hydrogen (secondary N) is 1. The Morgan fingerprint density at radius 1 is 1.45 bits per heavy atom. The Balaban J connectivity index is 2.59. The third-order valence-electron chi connectivity index (χ3n) is 2.94. The number of hydrogen-bond donors (Lipinski definition) is 3. The number of aliphatic hydroxyl groups is 2. The normalized spacial score (nSPS) is 11.2. The molecule has 0 aromatic heterocycles. The van der Waals surface area contributed by atoms with Gasteiger partial charge in [0.2, 0.25) is 0 Å². The van der Waals surface area contributed by atoms with Gasteiger partial charge < -0.3 is 20.3 Å². The topological polar surface area (TPSA) is 78.8 Å². The molecule has 20 heavy (non-hydrogen) atoms. The predicted molar refractivity (Wildman–Crippen MR) is 74.9 cm³/mol. The first kappa shape index (κ1) is 16.9. The molecule has 1 aromatic rings. The van der Waals surface area contributed by atoms with Gasteiger partial charge in [-0.1, -0.05) is 22.9 Å². The minimum Gasteiger partial charge on any atom is -0.481 e. The van der Waals surface area contributed by atoms with Gasteiger partial charge in [0.1, 0.15) is 0 Å². The number of halogens is 2. The Kier molecular flexibility index (Phi) is 6.38. The number of rotatable bonds is 7. The summed E-state index contributed by atoms with van der Waals surface area (Å²) in [6, 6.07) is 4.22. The lowest BCUT2D eigenvalue weighted by molar-refractivity contribution is -0.126. The SMILES string of the molecule is CCC(CO)(CO)NC(=O)COc1ccc(Br)cc1F. The molecule has 0 bridgehead atoms. The van der Waals surface area contributed by atoms with Crippen molar-refractivity contribution in [1.29, 1.82) is 0 Å². The van der Waals surface area contributed by atoms with Crippen LogP contribution >= 0.6 is 15.9 Å². The number of benzene rings is 1. The summed E-state index contributed by atoms with van der Waals surface area (Å²) in [5, 5.41) is 20.9. The van der Waals surface area contributed by atoms with E-state index in [1.165, 1.54) is 12.1 Å². The van der Waals surface area contributed by atoms with Crippen molar-refractivity contribution in [3.8, 4) is 5.75 Å². The van der Waals surface area contributed by atoms with Crippen molar-refractivity contribution >= 4 is 21.8 Å². The third kappa shape index (κ3) is 4.43. The average molecular weight is 350 g/mol. The zero-order valence-electron chi connectivity index (χ0n) is 11.0. The molecule has 0 saturated carbocycles. The van der Waals surface area contributed by atoms with Crippen LogP contribution < -0.4 is 10.1 Å². The molecule has 3 N–H and O–H groups in total. The van der Waals surface area contributed by atoms with E-state index in [4.69, 9.17) is 4.74 Å². The van der Waals surface area contributed by atoms with E-state index in [0.29, 0.717) is 10.9 Å². The van der Waals surface area contributed by atoms with E-state index in [1.807, 2.05) is 0 Å². The zero-order chi connectivity index (χ0) is 15.2. The van der Waals surface area contributed by atoms with Gasteiger partial charge in [-0.2, -0.15) is 0 Å². The molecule has 1 rings (SSSR count). The maximum atomic E-state index is 13.5. The molecule has 0 fully saturated rings. The highest BCUT2D eigenvalue weighted by Crippen LogP contribution is 2.21. The van der Waals surface area contributed by atoms with Crippen molar-refractivity contribution in [3.63, 3.8) is 0 Å². The standard InChI is InChI=1S/C13H17BrFNO4/c1-2-13(7-17,8-18)16-12(19)6-20-11-4-3-9(14)5-10(11)15/h3-5,17-18H,2,6-8H2,1H3,(H,16,19). The molecule has 0 radical (unpaired) electrons. The first-order valence-corrected chi connectivity index (χ1v) is 6.86. The molecule has 0 spiro atoms. The minimum absolute atomic E-state index is 0.0431. The van der Waals surface area contributed by atoms with E-state index in [9.17, 15) is 19.4 Å². The van der Waals surface area contributed by atoms with Gasteiger partial charge in [-0.05, 0) is 24.6 Å². The van der Waals surface area contributed by atoms with Crippen LogP contribution in [0.5, 0.6) is 5.75 Å². The average Bonchev–Trinajstić information content (AvgIpc) is 2.44. The van der Waals surface area contributed by atoms with Crippen molar-refractivity contribution in [3.05, 3.63) is 28.5 Å². The van der Waals surface area contributed by atoms with Crippen LogP contribution in [0.4, 0.5) is 4.39 Å². The van der Waals surface area contributed by atoms with Crippen LogP contribution in [0.15, 0.2) is 22.7 Å².